The van der Waals surface area contributed by atoms with E-state index in [1.165, 1.54) is 5.56 Å². The summed E-state index contributed by atoms with van der Waals surface area (Å²) in [5.41, 5.74) is 2.23. The molecule has 2 heterocycles. The van der Waals surface area contributed by atoms with Crippen LogP contribution in [0, 0.1) is 0 Å². The summed E-state index contributed by atoms with van der Waals surface area (Å²) in [5.74, 6) is 1.66. The van der Waals surface area contributed by atoms with E-state index in [-0.39, 0.29) is 6.61 Å². The lowest BCUT2D eigenvalue weighted by molar-refractivity contribution is 0.278. The van der Waals surface area contributed by atoms with E-state index < -0.39 is 0 Å². The molecule has 5 nitrogen and oxygen atoms in total. The first-order valence-electron chi connectivity index (χ1n) is 7.49. The number of aliphatic hydroxyl groups excluding tert-OH is 1. The second-order valence-corrected chi connectivity index (χ2v) is 5.99. The van der Waals surface area contributed by atoms with E-state index in [4.69, 9.17) is 5.11 Å². The average Bonchev–Trinajstić information content (AvgIpc) is 3.02. The largest absolute Gasteiger partial charge is 0.396 e. The zero-order chi connectivity index (χ0) is 15.9. The van der Waals surface area contributed by atoms with Crippen LogP contribution in [0.4, 0.5) is 0 Å². The van der Waals surface area contributed by atoms with Gasteiger partial charge in [0.2, 0.25) is 0 Å². The zero-order valence-electron chi connectivity index (χ0n) is 12.7. The Morgan fingerprint density at radius 1 is 1.00 bits per heavy atom. The van der Waals surface area contributed by atoms with Crippen molar-refractivity contribution in [2.24, 2.45) is 0 Å². The van der Waals surface area contributed by atoms with Crippen LogP contribution >= 0.6 is 11.8 Å². The number of nitrogens with zero attached hydrogens (tertiary/aromatic N) is 4. The van der Waals surface area contributed by atoms with Gasteiger partial charge in [-0.1, -0.05) is 42.1 Å². The number of pyridine rings is 1. The minimum absolute atomic E-state index is 0.150. The second kappa shape index (κ2) is 7.89. The van der Waals surface area contributed by atoms with E-state index in [2.05, 4.69) is 31.9 Å². The van der Waals surface area contributed by atoms with Crippen LogP contribution in [0.15, 0.2) is 60.0 Å². The van der Waals surface area contributed by atoms with Crippen molar-refractivity contribution in [3.8, 4) is 11.4 Å². The SMILES string of the molecule is OCCCn1c(SCc2ccccc2)nnc1-c1ccncc1. The van der Waals surface area contributed by atoms with Gasteiger partial charge in [-0.05, 0) is 24.1 Å². The molecule has 0 atom stereocenters. The molecule has 1 aromatic carbocycles. The van der Waals surface area contributed by atoms with Crippen LogP contribution in [-0.2, 0) is 12.3 Å². The van der Waals surface area contributed by atoms with Gasteiger partial charge in [0.05, 0.1) is 0 Å². The molecule has 0 bridgehead atoms. The Morgan fingerprint density at radius 2 is 1.78 bits per heavy atom. The van der Waals surface area contributed by atoms with Crippen molar-refractivity contribution in [2.45, 2.75) is 23.9 Å². The van der Waals surface area contributed by atoms with Crippen molar-refractivity contribution < 1.29 is 5.11 Å². The third kappa shape index (κ3) is 3.97. The molecular formula is C17H18N4OS. The molecule has 0 aliphatic rings. The highest BCUT2D eigenvalue weighted by Gasteiger charge is 2.14. The fraction of sp³-hybridized carbons (Fsp3) is 0.235. The summed E-state index contributed by atoms with van der Waals surface area (Å²) in [5, 5.41) is 18.7. The van der Waals surface area contributed by atoms with Crippen molar-refractivity contribution in [3.05, 3.63) is 60.4 Å². The molecule has 3 rings (SSSR count). The maximum absolute atomic E-state index is 9.15. The molecule has 0 amide bonds. The molecule has 0 unspecified atom stereocenters. The van der Waals surface area contributed by atoms with Gasteiger partial charge in [-0.25, -0.2) is 0 Å². The van der Waals surface area contributed by atoms with Crippen molar-refractivity contribution in [1.29, 1.82) is 0 Å². The normalized spacial score (nSPS) is 10.8. The molecule has 0 fully saturated rings. The molecule has 118 valence electrons. The predicted octanol–water partition coefficient (Wildman–Crippen LogP) is 3.01. The Morgan fingerprint density at radius 3 is 2.52 bits per heavy atom. The summed E-state index contributed by atoms with van der Waals surface area (Å²) in [6.45, 7) is 0.842. The topological polar surface area (TPSA) is 63.8 Å². The third-order valence-electron chi connectivity index (χ3n) is 3.41. The van der Waals surface area contributed by atoms with Crippen molar-refractivity contribution in [1.82, 2.24) is 19.7 Å². The quantitative estimate of drug-likeness (QED) is 0.676. The average molecular weight is 326 g/mol. The number of benzene rings is 1. The van der Waals surface area contributed by atoms with Gasteiger partial charge in [-0.2, -0.15) is 0 Å². The van der Waals surface area contributed by atoms with E-state index in [0.717, 1.165) is 22.3 Å². The van der Waals surface area contributed by atoms with Gasteiger partial charge < -0.3 is 9.67 Å². The monoisotopic (exact) mass is 326 g/mol. The Bertz CT molecular complexity index is 731. The fourth-order valence-electron chi connectivity index (χ4n) is 2.26. The number of aliphatic hydroxyl groups is 1. The van der Waals surface area contributed by atoms with E-state index in [1.54, 1.807) is 24.2 Å². The van der Waals surface area contributed by atoms with Crippen LogP contribution in [-0.4, -0.2) is 31.5 Å². The molecule has 6 heteroatoms. The molecule has 0 saturated heterocycles. The molecular weight excluding hydrogens is 308 g/mol. The fourth-order valence-corrected chi connectivity index (χ4v) is 3.18. The van der Waals surface area contributed by atoms with Gasteiger partial charge in [0.15, 0.2) is 11.0 Å². The summed E-state index contributed by atoms with van der Waals surface area (Å²) >= 11 is 1.66. The highest BCUT2D eigenvalue weighted by molar-refractivity contribution is 7.98. The Hall–Kier alpha value is -2.18. The van der Waals surface area contributed by atoms with Crippen molar-refractivity contribution in [3.63, 3.8) is 0 Å². The molecule has 3 aromatic rings. The lowest BCUT2D eigenvalue weighted by Gasteiger charge is -2.09. The smallest absolute Gasteiger partial charge is 0.191 e. The minimum atomic E-state index is 0.150. The highest BCUT2D eigenvalue weighted by Crippen LogP contribution is 2.26. The van der Waals surface area contributed by atoms with Crippen LogP contribution in [0.5, 0.6) is 0 Å². The van der Waals surface area contributed by atoms with Gasteiger partial charge in [0, 0.05) is 36.9 Å². The maximum Gasteiger partial charge on any atom is 0.191 e. The standard InChI is InChI=1S/C17H18N4OS/c22-12-4-11-21-16(15-7-9-18-10-8-15)19-20-17(21)23-13-14-5-2-1-3-6-14/h1-3,5-10,22H,4,11-13H2. The molecule has 1 N–H and O–H groups in total. The van der Waals surface area contributed by atoms with Crippen molar-refractivity contribution in [2.75, 3.05) is 6.61 Å². The number of aromatic nitrogens is 4. The third-order valence-corrected chi connectivity index (χ3v) is 4.44. The number of rotatable bonds is 7. The van der Waals surface area contributed by atoms with Gasteiger partial charge in [0.25, 0.3) is 0 Å². The first kappa shape index (κ1) is 15.7. The highest BCUT2D eigenvalue weighted by atomic mass is 32.2. The Labute approximate surface area is 139 Å². The van der Waals surface area contributed by atoms with E-state index >= 15 is 0 Å². The van der Waals surface area contributed by atoms with Gasteiger partial charge >= 0.3 is 0 Å². The van der Waals surface area contributed by atoms with E-state index in [1.807, 2.05) is 30.3 Å². The Balaban J connectivity index is 1.83. The summed E-state index contributed by atoms with van der Waals surface area (Å²) in [4.78, 5) is 4.04. The molecule has 0 aliphatic heterocycles. The van der Waals surface area contributed by atoms with E-state index in [9.17, 15) is 0 Å². The summed E-state index contributed by atoms with van der Waals surface area (Å²) in [6, 6.07) is 14.1. The lowest BCUT2D eigenvalue weighted by atomic mass is 10.2. The Kier molecular flexibility index (Phi) is 5.39. The van der Waals surface area contributed by atoms with Gasteiger partial charge in [-0.15, -0.1) is 10.2 Å². The second-order valence-electron chi connectivity index (χ2n) is 5.05. The first-order valence-corrected chi connectivity index (χ1v) is 8.48. The summed E-state index contributed by atoms with van der Waals surface area (Å²) in [6.07, 6.45) is 4.17. The zero-order valence-corrected chi connectivity index (χ0v) is 13.5. The van der Waals surface area contributed by atoms with E-state index in [0.29, 0.717) is 13.0 Å². The molecule has 0 aliphatic carbocycles. The summed E-state index contributed by atoms with van der Waals surface area (Å²) in [7, 11) is 0. The number of thioether (sulfide) groups is 1. The first-order chi connectivity index (χ1) is 11.4. The number of hydrogen-bond acceptors (Lipinski definition) is 5. The maximum atomic E-state index is 9.15. The molecule has 0 spiro atoms. The molecule has 2 aromatic heterocycles. The summed E-state index contributed by atoms with van der Waals surface area (Å²) < 4.78 is 2.07. The van der Waals surface area contributed by atoms with Crippen LogP contribution in [0.3, 0.4) is 0 Å². The predicted molar refractivity (Wildman–Crippen MR) is 91.0 cm³/mol. The number of hydrogen-bond donors (Lipinski definition) is 1. The van der Waals surface area contributed by atoms with Crippen molar-refractivity contribution >= 4 is 11.8 Å². The molecule has 0 radical (unpaired) electrons. The minimum Gasteiger partial charge on any atom is -0.396 e. The molecule has 0 saturated carbocycles. The van der Waals surface area contributed by atoms with Crippen LogP contribution < -0.4 is 0 Å². The van der Waals surface area contributed by atoms with Crippen LogP contribution in [0.1, 0.15) is 12.0 Å². The molecule has 23 heavy (non-hydrogen) atoms. The van der Waals surface area contributed by atoms with Crippen LogP contribution in [0.25, 0.3) is 11.4 Å². The van der Waals surface area contributed by atoms with Gasteiger partial charge in [-0.3, -0.25) is 4.98 Å². The lowest BCUT2D eigenvalue weighted by Crippen LogP contribution is -2.04. The van der Waals surface area contributed by atoms with Gasteiger partial charge in [0.1, 0.15) is 0 Å². The van der Waals surface area contributed by atoms with Crippen LogP contribution in [0.2, 0.25) is 0 Å².